The van der Waals surface area contributed by atoms with Gasteiger partial charge in [0, 0.05) is 41.7 Å². The van der Waals surface area contributed by atoms with Crippen LogP contribution in [0.5, 0.6) is 0 Å². The van der Waals surface area contributed by atoms with E-state index in [1.54, 1.807) is 12.3 Å². The summed E-state index contributed by atoms with van der Waals surface area (Å²) in [6, 6.07) is 4.18. The largest absolute Gasteiger partial charge is 0.487 e. The topological polar surface area (TPSA) is 66.5 Å². The van der Waals surface area contributed by atoms with Crippen LogP contribution in [0.15, 0.2) is 24.4 Å². The Kier molecular flexibility index (Phi) is 5.43. The average molecular weight is 417 g/mol. The van der Waals surface area contributed by atoms with E-state index in [-0.39, 0.29) is 12.5 Å². The van der Waals surface area contributed by atoms with Crippen molar-refractivity contribution in [2.24, 2.45) is 0 Å². The molecule has 2 aromatic rings. The number of halogens is 2. The van der Waals surface area contributed by atoms with Crippen LogP contribution < -0.4 is 10.6 Å². The molecule has 0 bridgehead atoms. The van der Waals surface area contributed by atoms with E-state index in [1.807, 2.05) is 0 Å². The van der Waals surface area contributed by atoms with Gasteiger partial charge in [0.25, 0.3) is 5.91 Å². The van der Waals surface area contributed by atoms with Crippen molar-refractivity contribution in [3.63, 3.8) is 0 Å². The van der Waals surface area contributed by atoms with E-state index >= 15 is 0 Å². The Morgan fingerprint density at radius 1 is 1.31 bits per heavy atom. The fraction of sp³-hybridized carbons (Fsp3) is 0.333. The summed E-state index contributed by atoms with van der Waals surface area (Å²) < 4.78 is 19.6. The van der Waals surface area contributed by atoms with Gasteiger partial charge in [-0.2, -0.15) is 0 Å². The molecule has 1 aromatic carbocycles. The summed E-state index contributed by atoms with van der Waals surface area (Å²) in [7, 11) is 0. The van der Waals surface area contributed by atoms with Gasteiger partial charge in [0.15, 0.2) is 0 Å². The maximum Gasteiger partial charge on any atom is 0.260 e. The number of aromatic nitrogens is 1. The Bertz CT molecular complexity index is 1000. The highest BCUT2D eigenvalue weighted by molar-refractivity contribution is 6.37. The van der Waals surface area contributed by atoms with Crippen LogP contribution in [0.25, 0.3) is 11.3 Å². The van der Waals surface area contributed by atoms with E-state index < -0.39 is 5.82 Å². The highest BCUT2D eigenvalue weighted by Gasteiger charge is 2.34. The number of nitrogens with one attached hydrogen (secondary N) is 2. The SMILES string of the molecule is CCN(CC)CCNc1ncc2c(c1Cl)CO/C2=C1/C(=O)Nc2ccc(F)cc21. The van der Waals surface area contributed by atoms with Crippen molar-refractivity contribution in [3.05, 3.63) is 51.9 Å². The van der Waals surface area contributed by atoms with Crippen LogP contribution in [0.3, 0.4) is 0 Å². The lowest BCUT2D eigenvalue weighted by Crippen LogP contribution is -2.28. The number of fused-ring (bicyclic) bond motifs is 2. The normalized spacial score (nSPS) is 17.2. The van der Waals surface area contributed by atoms with Crippen LogP contribution in [0.2, 0.25) is 5.02 Å². The summed E-state index contributed by atoms with van der Waals surface area (Å²) in [5.41, 5.74) is 2.78. The van der Waals surface area contributed by atoms with Gasteiger partial charge < -0.3 is 20.3 Å². The number of rotatable bonds is 6. The summed E-state index contributed by atoms with van der Waals surface area (Å²) in [6.45, 7) is 8.06. The number of carbonyl (C=O) groups is 1. The Balaban J connectivity index is 1.64. The van der Waals surface area contributed by atoms with E-state index in [0.29, 0.717) is 39.0 Å². The Hall–Kier alpha value is -2.64. The van der Waals surface area contributed by atoms with Crippen molar-refractivity contribution in [3.8, 4) is 0 Å². The number of carbonyl (C=O) groups excluding carboxylic acids is 1. The Morgan fingerprint density at radius 2 is 2.10 bits per heavy atom. The minimum absolute atomic E-state index is 0.234. The molecule has 0 spiro atoms. The average Bonchev–Trinajstić information content (AvgIpc) is 3.27. The van der Waals surface area contributed by atoms with Crippen molar-refractivity contribution >= 4 is 40.3 Å². The first-order chi connectivity index (χ1) is 14.0. The molecule has 0 fully saturated rings. The second-order valence-electron chi connectivity index (χ2n) is 6.90. The molecular formula is C21H22ClFN4O2. The van der Waals surface area contributed by atoms with Crippen molar-refractivity contribution < 1.29 is 13.9 Å². The van der Waals surface area contributed by atoms with Crippen molar-refractivity contribution in [1.82, 2.24) is 9.88 Å². The van der Waals surface area contributed by atoms with Gasteiger partial charge in [-0.05, 0) is 31.3 Å². The monoisotopic (exact) mass is 416 g/mol. The molecule has 0 aliphatic carbocycles. The minimum Gasteiger partial charge on any atom is -0.487 e. The van der Waals surface area contributed by atoms with Gasteiger partial charge >= 0.3 is 0 Å². The molecule has 2 aliphatic heterocycles. The third kappa shape index (κ3) is 3.56. The molecule has 0 saturated heterocycles. The second kappa shape index (κ2) is 8.00. The number of anilines is 2. The molecular weight excluding hydrogens is 395 g/mol. The van der Waals surface area contributed by atoms with Crippen LogP contribution in [0.1, 0.15) is 30.5 Å². The van der Waals surface area contributed by atoms with E-state index in [2.05, 4.69) is 34.4 Å². The summed E-state index contributed by atoms with van der Waals surface area (Å²) in [5, 5.41) is 6.50. The van der Waals surface area contributed by atoms with E-state index in [4.69, 9.17) is 16.3 Å². The summed E-state index contributed by atoms with van der Waals surface area (Å²) in [5.74, 6) is 0.229. The molecule has 0 saturated carbocycles. The zero-order valence-corrected chi connectivity index (χ0v) is 17.1. The summed E-state index contributed by atoms with van der Waals surface area (Å²) in [6.07, 6.45) is 1.65. The highest BCUT2D eigenvalue weighted by atomic mass is 35.5. The van der Waals surface area contributed by atoms with Gasteiger partial charge in [0.05, 0.1) is 10.6 Å². The van der Waals surface area contributed by atoms with Crippen LogP contribution in [0, 0.1) is 5.82 Å². The maximum absolute atomic E-state index is 13.7. The van der Waals surface area contributed by atoms with Gasteiger partial charge in [0.1, 0.15) is 24.0 Å². The molecule has 0 radical (unpaired) electrons. The number of nitrogens with zero attached hydrogens (tertiary/aromatic N) is 2. The molecule has 4 rings (SSSR count). The van der Waals surface area contributed by atoms with Crippen LogP contribution >= 0.6 is 11.6 Å². The predicted molar refractivity (Wildman–Crippen MR) is 112 cm³/mol. The number of hydrogen-bond donors (Lipinski definition) is 2. The Labute approximate surface area is 173 Å². The smallest absolute Gasteiger partial charge is 0.260 e. The van der Waals surface area contributed by atoms with Crippen LogP contribution in [-0.2, 0) is 16.1 Å². The fourth-order valence-corrected chi connectivity index (χ4v) is 3.92. The van der Waals surface area contributed by atoms with Gasteiger partial charge in [-0.1, -0.05) is 25.4 Å². The first kappa shape index (κ1) is 19.7. The molecule has 29 heavy (non-hydrogen) atoms. The molecule has 0 unspecified atom stereocenters. The first-order valence-electron chi connectivity index (χ1n) is 9.65. The van der Waals surface area contributed by atoms with Gasteiger partial charge in [0.2, 0.25) is 0 Å². The van der Waals surface area contributed by atoms with Crippen molar-refractivity contribution in [2.45, 2.75) is 20.5 Å². The van der Waals surface area contributed by atoms with E-state index in [9.17, 15) is 9.18 Å². The quantitative estimate of drug-likeness (QED) is 0.697. The third-order valence-corrected chi connectivity index (χ3v) is 5.70. The summed E-state index contributed by atoms with van der Waals surface area (Å²) >= 11 is 6.57. The zero-order chi connectivity index (χ0) is 20.5. The number of hydrogen-bond acceptors (Lipinski definition) is 5. The third-order valence-electron chi connectivity index (χ3n) is 5.29. The van der Waals surface area contributed by atoms with Gasteiger partial charge in [-0.15, -0.1) is 0 Å². The molecule has 6 nitrogen and oxygen atoms in total. The molecule has 2 N–H and O–H groups in total. The molecule has 8 heteroatoms. The number of amides is 1. The molecule has 2 aliphatic rings. The molecule has 152 valence electrons. The standard InChI is InChI=1S/C21H22ClFN4O2/c1-3-27(4-2)8-7-24-20-18(22)15-11-29-19(14(15)10-25-20)17-13-9-12(23)5-6-16(13)26-21(17)28/h5-6,9-10H,3-4,7-8,11H2,1-2H3,(H,24,25)(H,26,28)/b19-17+. The van der Waals surface area contributed by atoms with Crippen LogP contribution in [-0.4, -0.2) is 42.0 Å². The molecule has 0 atom stereocenters. The predicted octanol–water partition coefficient (Wildman–Crippen LogP) is 3.98. The summed E-state index contributed by atoms with van der Waals surface area (Å²) in [4.78, 5) is 19.2. The number of benzene rings is 1. The fourth-order valence-electron chi connectivity index (χ4n) is 3.65. The van der Waals surface area contributed by atoms with Crippen molar-refractivity contribution in [2.75, 3.05) is 36.8 Å². The molecule has 3 heterocycles. The zero-order valence-electron chi connectivity index (χ0n) is 16.3. The lowest BCUT2D eigenvalue weighted by Gasteiger charge is -2.18. The lowest BCUT2D eigenvalue weighted by molar-refractivity contribution is -0.110. The van der Waals surface area contributed by atoms with Crippen molar-refractivity contribution in [1.29, 1.82) is 0 Å². The van der Waals surface area contributed by atoms with Gasteiger partial charge in [-0.25, -0.2) is 9.37 Å². The van der Waals surface area contributed by atoms with E-state index in [0.717, 1.165) is 31.7 Å². The highest BCUT2D eigenvalue weighted by Crippen LogP contribution is 2.44. The first-order valence-corrected chi connectivity index (χ1v) is 10.0. The minimum atomic E-state index is -0.416. The number of pyridine rings is 1. The van der Waals surface area contributed by atoms with E-state index in [1.165, 1.54) is 12.1 Å². The number of likely N-dealkylation sites (N-methyl/N-ethyl adjacent to an activating group) is 1. The second-order valence-corrected chi connectivity index (χ2v) is 7.28. The molecule has 1 amide bonds. The maximum atomic E-state index is 13.7. The lowest BCUT2D eigenvalue weighted by atomic mass is 10.0. The van der Waals surface area contributed by atoms with Gasteiger partial charge in [-0.3, -0.25) is 4.79 Å². The van der Waals surface area contributed by atoms with Crippen LogP contribution in [0.4, 0.5) is 15.9 Å². The number of ether oxygens (including phenoxy) is 1. The molecule has 1 aromatic heterocycles. The Morgan fingerprint density at radius 3 is 2.86 bits per heavy atom.